The van der Waals surface area contributed by atoms with E-state index in [4.69, 9.17) is 11.6 Å². The Morgan fingerprint density at radius 1 is 1.00 bits per heavy atom. The summed E-state index contributed by atoms with van der Waals surface area (Å²) in [5.74, 6) is -2.53. The summed E-state index contributed by atoms with van der Waals surface area (Å²) in [4.78, 5) is 0. The highest BCUT2D eigenvalue weighted by molar-refractivity contribution is 6.31. The minimum Gasteiger partial charge on any atom is -0.207 e. The van der Waals surface area contributed by atoms with Gasteiger partial charge in [-0.2, -0.15) is 0 Å². The summed E-state index contributed by atoms with van der Waals surface area (Å²) >= 11 is 6.17. The van der Waals surface area contributed by atoms with Gasteiger partial charge in [0.1, 0.15) is 0 Å². The number of halogens is 3. The van der Waals surface area contributed by atoms with Gasteiger partial charge in [0.2, 0.25) is 0 Å². The van der Waals surface area contributed by atoms with Gasteiger partial charge in [-0.15, -0.1) is 0 Å². The van der Waals surface area contributed by atoms with Gasteiger partial charge in [0.25, 0.3) is 5.92 Å². The van der Waals surface area contributed by atoms with Crippen molar-refractivity contribution in [2.75, 3.05) is 0 Å². The Balaban J connectivity index is 1.74. The molecule has 22 heavy (non-hydrogen) atoms. The maximum Gasteiger partial charge on any atom is 0.251 e. The van der Waals surface area contributed by atoms with Gasteiger partial charge < -0.3 is 0 Å². The zero-order valence-corrected chi connectivity index (χ0v) is 12.9. The smallest absolute Gasteiger partial charge is 0.207 e. The van der Waals surface area contributed by atoms with E-state index >= 15 is 0 Å². The van der Waals surface area contributed by atoms with Gasteiger partial charge in [0.05, 0.1) is 0 Å². The van der Waals surface area contributed by atoms with Gasteiger partial charge in [0.15, 0.2) is 0 Å². The molecule has 1 aliphatic rings. The highest BCUT2D eigenvalue weighted by atomic mass is 35.5. The molecule has 0 spiro atoms. The van der Waals surface area contributed by atoms with E-state index in [0.29, 0.717) is 6.42 Å². The quantitative estimate of drug-likeness (QED) is 0.638. The van der Waals surface area contributed by atoms with Gasteiger partial charge in [0, 0.05) is 17.9 Å². The number of rotatable bonds is 3. The van der Waals surface area contributed by atoms with Crippen LogP contribution in [0.4, 0.5) is 8.78 Å². The molecule has 0 aromatic heterocycles. The van der Waals surface area contributed by atoms with Gasteiger partial charge >= 0.3 is 0 Å². The van der Waals surface area contributed by atoms with Crippen molar-refractivity contribution in [2.45, 2.75) is 31.6 Å². The van der Waals surface area contributed by atoms with Crippen molar-refractivity contribution < 1.29 is 8.78 Å². The average molecular weight is 319 g/mol. The van der Waals surface area contributed by atoms with Crippen LogP contribution in [0.1, 0.15) is 36.0 Å². The van der Waals surface area contributed by atoms with Crippen LogP contribution in [-0.4, -0.2) is 5.92 Å². The lowest BCUT2D eigenvalue weighted by molar-refractivity contribution is -0.00602. The van der Waals surface area contributed by atoms with Crippen LogP contribution in [0, 0.1) is 0 Å². The van der Waals surface area contributed by atoms with Crippen molar-refractivity contribution >= 4 is 17.2 Å². The monoisotopic (exact) mass is 318 g/mol. The lowest BCUT2D eigenvalue weighted by atomic mass is 9.91. The first-order valence-electron chi connectivity index (χ1n) is 7.43. The molecule has 0 atom stereocenters. The first kappa shape index (κ1) is 15.2. The summed E-state index contributed by atoms with van der Waals surface area (Å²) in [7, 11) is 0. The molecule has 0 heterocycles. The van der Waals surface area contributed by atoms with Crippen LogP contribution in [0.25, 0.3) is 5.57 Å². The van der Waals surface area contributed by atoms with Gasteiger partial charge in [-0.05, 0) is 41.2 Å². The van der Waals surface area contributed by atoms with Crippen molar-refractivity contribution in [3.63, 3.8) is 0 Å². The van der Waals surface area contributed by atoms with E-state index in [0.717, 1.165) is 28.1 Å². The number of benzene rings is 2. The first-order valence-corrected chi connectivity index (χ1v) is 7.81. The van der Waals surface area contributed by atoms with Crippen LogP contribution in [0.15, 0.2) is 54.6 Å². The molecule has 114 valence electrons. The van der Waals surface area contributed by atoms with E-state index in [1.807, 2.05) is 48.5 Å². The second-order valence-corrected chi connectivity index (χ2v) is 6.16. The van der Waals surface area contributed by atoms with Gasteiger partial charge in [-0.3, -0.25) is 0 Å². The summed E-state index contributed by atoms with van der Waals surface area (Å²) in [6.07, 6.45) is 2.68. The molecular weight excluding hydrogens is 302 g/mol. The van der Waals surface area contributed by atoms with E-state index in [-0.39, 0.29) is 12.8 Å². The van der Waals surface area contributed by atoms with Crippen LogP contribution in [0.5, 0.6) is 0 Å². The predicted molar refractivity (Wildman–Crippen MR) is 87.5 cm³/mol. The zero-order valence-electron chi connectivity index (χ0n) is 12.2. The molecule has 0 unspecified atom stereocenters. The highest BCUT2D eigenvalue weighted by Crippen LogP contribution is 2.36. The van der Waals surface area contributed by atoms with Gasteiger partial charge in [-0.25, -0.2) is 8.78 Å². The third-order valence-corrected chi connectivity index (χ3v) is 4.45. The topological polar surface area (TPSA) is 0 Å². The molecule has 0 bridgehead atoms. The van der Waals surface area contributed by atoms with Crippen LogP contribution < -0.4 is 0 Å². The number of alkyl halides is 2. The zero-order chi connectivity index (χ0) is 15.6. The average Bonchev–Trinajstić information content (AvgIpc) is 2.51. The Labute approximate surface area is 134 Å². The molecule has 3 heteroatoms. The van der Waals surface area contributed by atoms with E-state index in [2.05, 4.69) is 0 Å². The molecule has 0 amide bonds. The molecule has 0 radical (unpaired) electrons. The minimum atomic E-state index is -2.53. The fourth-order valence-electron chi connectivity index (χ4n) is 2.75. The molecule has 0 saturated carbocycles. The summed E-state index contributed by atoms with van der Waals surface area (Å²) in [6.45, 7) is 0. The van der Waals surface area contributed by atoms with E-state index in [1.165, 1.54) is 5.56 Å². The van der Waals surface area contributed by atoms with Crippen molar-refractivity contribution in [1.82, 2.24) is 0 Å². The summed E-state index contributed by atoms with van der Waals surface area (Å²) in [6, 6.07) is 15.9. The Kier molecular flexibility index (Phi) is 4.30. The van der Waals surface area contributed by atoms with Crippen LogP contribution >= 0.6 is 11.6 Å². The minimum absolute atomic E-state index is 0.0553. The lowest BCUT2D eigenvalue weighted by Gasteiger charge is -2.21. The molecule has 0 N–H and O–H groups in total. The standard InChI is InChI=1S/C19H17ClF2/c20-18-4-2-1-3-17(18)13-14-5-7-15(8-6-14)16-9-11-19(21,22)12-10-16/h1-9H,10-13H2. The lowest BCUT2D eigenvalue weighted by Crippen LogP contribution is -2.18. The second-order valence-electron chi connectivity index (χ2n) is 5.75. The molecule has 0 aliphatic heterocycles. The Hall–Kier alpha value is -1.67. The number of allylic oxidation sites excluding steroid dienone is 2. The molecule has 0 fully saturated rings. The van der Waals surface area contributed by atoms with E-state index in [1.54, 1.807) is 6.08 Å². The van der Waals surface area contributed by atoms with Crippen LogP contribution in [0.3, 0.4) is 0 Å². The third kappa shape index (κ3) is 3.56. The first-order chi connectivity index (χ1) is 10.5. The van der Waals surface area contributed by atoms with Crippen LogP contribution in [0.2, 0.25) is 5.02 Å². The predicted octanol–water partition coefficient (Wildman–Crippen LogP) is 6.13. The van der Waals surface area contributed by atoms with E-state index in [9.17, 15) is 8.78 Å². The Morgan fingerprint density at radius 3 is 2.36 bits per heavy atom. The molecule has 2 aromatic rings. The Morgan fingerprint density at radius 2 is 1.73 bits per heavy atom. The second kappa shape index (κ2) is 6.21. The van der Waals surface area contributed by atoms with Gasteiger partial charge in [-0.1, -0.05) is 60.1 Å². The van der Waals surface area contributed by atoms with Crippen molar-refractivity contribution in [2.24, 2.45) is 0 Å². The Bertz CT molecular complexity index is 687. The molecule has 1 aliphatic carbocycles. The third-order valence-electron chi connectivity index (χ3n) is 4.08. The van der Waals surface area contributed by atoms with E-state index < -0.39 is 5.92 Å². The van der Waals surface area contributed by atoms with Crippen molar-refractivity contribution in [1.29, 1.82) is 0 Å². The maximum atomic E-state index is 13.2. The SMILES string of the molecule is FC1(F)CC=C(c2ccc(Cc3ccccc3Cl)cc2)CC1. The maximum absolute atomic E-state index is 13.2. The molecule has 0 nitrogen and oxygen atoms in total. The van der Waals surface area contributed by atoms with Crippen molar-refractivity contribution in [3.8, 4) is 0 Å². The molecule has 2 aromatic carbocycles. The highest BCUT2D eigenvalue weighted by Gasteiger charge is 2.30. The van der Waals surface area contributed by atoms with Crippen molar-refractivity contribution in [3.05, 3.63) is 76.3 Å². The number of hydrogen-bond donors (Lipinski definition) is 0. The molecule has 0 saturated heterocycles. The summed E-state index contributed by atoms with van der Waals surface area (Å²) in [5.41, 5.74) is 4.32. The summed E-state index contributed by atoms with van der Waals surface area (Å²) in [5, 5.41) is 0.767. The fraction of sp³-hybridized carbons (Fsp3) is 0.263. The summed E-state index contributed by atoms with van der Waals surface area (Å²) < 4.78 is 26.4. The molecular formula is C19H17ClF2. The largest absolute Gasteiger partial charge is 0.251 e. The number of hydrogen-bond acceptors (Lipinski definition) is 0. The normalized spacial score (nSPS) is 17.1. The van der Waals surface area contributed by atoms with Crippen LogP contribution in [-0.2, 0) is 6.42 Å². The molecule has 3 rings (SSSR count). The fourth-order valence-corrected chi connectivity index (χ4v) is 2.96.